The maximum atomic E-state index is 5.51. The van der Waals surface area contributed by atoms with Crippen molar-refractivity contribution in [3.05, 3.63) is 24.3 Å². The fourth-order valence-corrected chi connectivity index (χ4v) is 1.20. The monoisotopic (exact) mass is 224 g/mol. The van der Waals surface area contributed by atoms with E-state index in [2.05, 4.69) is 0 Å². The second kappa shape index (κ2) is 7.96. The molecule has 4 nitrogen and oxygen atoms in total. The van der Waals surface area contributed by atoms with Gasteiger partial charge in [-0.3, -0.25) is 0 Å². The molecule has 4 heteroatoms. The lowest BCUT2D eigenvalue weighted by atomic mass is 10.3. The van der Waals surface area contributed by atoms with Crippen molar-refractivity contribution in [3.8, 4) is 11.5 Å². The predicted octanol–water partition coefficient (Wildman–Crippen LogP) is 1.14. The second-order valence-corrected chi connectivity index (χ2v) is 3.46. The molecule has 1 rings (SSSR count). The molecular formula is C12H20N2O2. The molecule has 0 atom stereocenters. The van der Waals surface area contributed by atoms with Crippen LogP contribution in [0.5, 0.6) is 11.5 Å². The maximum Gasteiger partial charge on any atom is 0.122 e. The molecule has 16 heavy (non-hydrogen) atoms. The van der Waals surface area contributed by atoms with E-state index in [1.54, 1.807) is 0 Å². The molecule has 1 aromatic rings. The van der Waals surface area contributed by atoms with Crippen molar-refractivity contribution >= 4 is 0 Å². The summed E-state index contributed by atoms with van der Waals surface area (Å²) in [5, 5.41) is 0. The molecular weight excluding hydrogens is 204 g/mol. The lowest BCUT2D eigenvalue weighted by molar-refractivity contribution is 0.298. The molecule has 0 aliphatic carbocycles. The van der Waals surface area contributed by atoms with Crippen LogP contribution in [0.2, 0.25) is 0 Å². The fourth-order valence-electron chi connectivity index (χ4n) is 1.20. The molecule has 4 N–H and O–H groups in total. The van der Waals surface area contributed by atoms with E-state index < -0.39 is 0 Å². The first kappa shape index (κ1) is 12.8. The van der Waals surface area contributed by atoms with Gasteiger partial charge in [0, 0.05) is 6.07 Å². The summed E-state index contributed by atoms with van der Waals surface area (Å²) < 4.78 is 11.0. The molecule has 0 saturated heterocycles. The van der Waals surface area contributed by atoms with Crippen molar-refractivity contribution in [3.63, 3.8) is 0 Å². The molecule has 0 fully saturated rings. The Morgan fingerprint density at radius 1 is 0.875 bits per heavy atom. The average Bonchev–Trinajstić information content (AvgIpc) is 2.30. The first-order chi connectivity index (χ1) is 7.86. The largest absolute Gasteiger partial charge is 0.493 e. The highest BCUT2D eigenvalue weighted by Crippen LogP contribution is 2.19. The quantitative estimate of drug-likeness (QED) is 0.650. The van der Waals surface area contributed by atoms with Gasteiger partial charge in [0.2, 0.25) is 0 Å². The smallest absolute Gasteiger partial charge is 0.122 e. The molecule has 0 spiro atoms. The predicted molar refractivity (Wildman–Crippen MR) is 64.8 cm³/mol. The lowest BCUT2D eigenvalue weighted by Crippen LogP contribution is -2.07. The van der Waals surface area contributed by atoms with Gasteiger partial charge in [0.1, 0.15) is 11.5 Å². The molecule has 0 heterocycles. The molecule has 0 bridgehead atoms. The van der Waals surface area contributed by atoms with Gasteiger partial charge in [-0.15, -0.1) is 0 Å². The Hall–Kier alpha value is -1.26. The molecule has 90 valence electrons. The molecule has 0 saturated carbocycles. The Morgan fingerprint density at radius 2 is 1.38 bits per heavy atom. The van der Waals surface area contributed by atoms with Crippen molar-refractivity contribution in [2.24, 2.45) is 11.5 Å². The van der Waals surface area contributed by atoms with E-state index in [0.29, 0.717) is 26.3 Å². The van der Waals surface area contributed by atoms with Gasteiger partial charge in [0.25, 0.3) is 0 Å². The van der Waals surface area contributed by atoms with E-state index in [4.69, 9.17) is 20.9 Å². The zero-order valence-electron chi connectivity index (χ0n) is 9.52. The van der Waals surface area contributed by atoms with Crippen molar-refractivity contribution < 1.29 is 9.47 Å². The van der Waals surface area contributed by atoms with E-state index in [1.807, 2.05) is 24.3 Å². The first-order valence-electron chi connectivity index (χ1n) is 5.62. The fraction of sp³-hybridized carbons (Fsp3) is 0.500. The summed E-state index contributed by atoms with van der Waals surface area (Å²) >= 11 is 0. The SMILES string of the molecule is NCCCOc1cccc(OCCCN)c1. The van der Waals surface area contributed by atoms with Crippen LogP contribution in [0, 0.1) is 0 Å². The van der Waals surface area contributed by atoms with Crippen LogP contribution in [-0.2, 0) is 0 Å². The Bertz CT molecular complexity index is 267. The Morgan fingerprint density at radius 3 is 1.81 bits per heavy atom. The molecule has 0 aliphatic heterocycles. The minimum atomic E-state index is 0.642. The van der Waals surface area contributed by atoms with Crippen LogP contribution in [0.15, 0.2) is 24.3 Å². The first-order valence-corrected chi connectivity index (χ1v) is 5.62. The minimum Gasteiger partial charge on any atom is -0.493 e. The van der Waals surface area contributed by atoms with E-state index in [-0.39, 0.29) is 0 Å². The third kappa shape index (κ3) is 5.00. The highest BCUT2D eigenvalue weighted by atomic mass is 16.5. The standard InChI is InChI=1S/C12H20N2O2/c13-6-2-8-15-11-4-1-5-12(10-11)16-9-3-7-14/h1,4-5,10H,2-3,6-9,13-14H2. The van der Waals surface area contributed by atoms with E-state index in [1.165, 1.54) is 0 Å². The number of benzene rings is 1. The van der Waals surface area contributed by atoms with Gasteiger partial charge in [-0.2, -0.15) is 0 Å². The maximum absolute atomic E-state index is 5.51. The van der Waals surface area contributed by atoms with Crippen LogP contribution in [0.4, 0.5) is 0 Å². The summed E-state index contributed by atoms with van der Waals surface area (Å²) in [7, 11) is 0. The van der Waals surface area contributed by atoms with Crippen molar-refractivity contribution in [2.75, 3.05) is 26.3 Å². The molecule has 0 aromatic heterocycles. The van der Waals surface area contributed by atoms with Gasteiger partial charge in [-0.05, 0) is 38.1 Å². The van der Waals surface area contributed by atoms with Crippen LogP contribution in [0.3, 0.4) is 0 Å². The van der Waals surface area contributed by atoms with Gasteiger partial charge >= 0.3 is 0 Å². The van der Waals surface area contributed by atoms with Crippen LogP contribution < -0.4 is 20.9 Å². The van der Waals surface area contributed by atoms with Crippen LogP contribution in [0.1, 0.15) is 12.8 Å². The van der Waals surface area contributed by atoms with Gasteiger partial charge in [-0.1, -0.05) is 6.07 Å². The zero-order valence-corrected chi connectivity index (χ0v) is 9.52. The highest BCUT2D eigenvalue weighted by Gasteiger charge is 1.97. The van der Waals surface area contributed by atoms with Gasteiger partial charge in [-0.25, -0.2) is 0 Å². The number of hydrogen-bond acceptors (Lipinski definition) is 4. The molecule has 0 unspecified atom stereocenters. The Labute approximate surface area is 96.5 Å². The number of ether oxygens (including phenoxy) is 2. The summed E-state index contributed by atoms with van der Waals surface area (Å²) in [5.41, 5.74) is 10.8. The summed E-state index contributed by atoms with van der Waals surface area (Å²) in [6.07, 6.45) is 1.72. The third-order valence-electron chi connectivity index (χ3n) is 2.04. The lowest BCUT2D eigenvalue weighted by Gasteiger charge is -2.08. The third-order valence-corrected chi connectivity index (χ3v) is 2.04. The average molecular weight is 224 g/mol. The van der Waals surface area contributed by atoms with E-state index in [9.17, 15) is 0 Å². The van der Waals surface area contributed by atoms with Gasteiger partial charge in [0.15, 0.2) is 0 Å². The summed E-state index contributed by atoms with van der Waals surface area (Å²) in [6.45, 7) is 2.57. The molecule has 0 amide bonds. The Balaban J connectivity index is 2.37. The number of rotatable bonds is 8. The summed E-state index contributed by atoms with van der Waals surface area (Å²) in [6, 6.07) is 7.61. The van der Waals surface area contributed by atoms with Crippen molar-refractivity contribution in [2.45, 2.75) is 12.8 Å². The topological polar surface area (TPSA) is 70.5 Å². The second-order valence-electron chi connectivity index (χ2n) is 3.46. The zero-order chi connectivity index (χ0) is 11.6. The van der Waals surface area contributed by atoms with Gasteiger partial charge in [0.05, 0.1) is 13.2 Å². The van der Waals surface area contributed by atoms with Crippen LogP contribution in [0.25, 0.3) is 0 Å². The highest BCUT2D eigenvalue weighted by molar-refractivity contribution is 5.32. The minimum absolute atomic E-state index is 0.642. The van der Waals surface area contributed by atoms with E-state index in [0.717, 1.165) is 24.3 Å². The normalized spacial score (nSPS) is 10.1. The van der Waals surface area contributed by atoms with E-state index >= 15 is 0 Å². The van der Waals surface area contributed by atoms with Crippen LogP contribution in [-0.4, -0.2) is 26.3 Å². The molecule has 1 aromatic carbocycles. The van der Waals surface area contributed by atoms with Crippen molar-refractivity contribution in [1.82, 2.24) is 0 Å². The number of hydrogen-bond donors (Lipinski definition) is 2. The Kier molecular flexibility index (Phi) is 6.37. The summed E-state index contributed by atoms with van der Waals surface area (Å²) in [4.78, 5) is 0. The van der Waals surface area contributed by atoms with Gasteiger partial charge < -0.3 is 20.9 Å². The van der Waals surface area contributed by atoms with Crippen molar-refractivity contribution in [1.29, 1.82) is 0 Å². The number of nitrogens with two attached hydrogens (primary N) is 2. The molecule has 0 radical (unpaired) electrons. The summed E-state index contributed by atoms with van der Waals surface area (Å²) in [5.74, 6) is 1.64. The van der Waals surface area contributed by atoms with Crippen LogP contribution >= 0.6 is 0 Å². The molecule has 0 aliphatic rings.